The zero-order valence-electron chi connectivity index (χ0n) is 38.1. The molecular formula is C48H93NO7P+. The van der Waals surface area contributed by atoms with Crippen LogP contribution < -0.4 is 0 Å². The summed E-state index contributed by atoms with van der Waals surface area (Å²) in [6, 6.07) is 0. The summed E-state index contributed by atoms with van der Waals surface area (Å²) in [6.07, 6.45) is 50.0. The van der Waals surface area contributed by atoms with Gasteiger partial charge in [-0.3, -0.25) is 13.8 Å². The molecule has 0 spiro atoms. The van der Waals surface area contributed by atoms with E-state index in [1.165, 1.54) is 154 Å². The number of hydrogen-bond acceptors (Lipinski definition) is 6. The summed E-state index contributed by atoms with van der Waals surface area (Å²) in [4.78, 5) is 22.9. The molecule has 0 saturated carbocycles. The van der Waals surface area contributed by atoms with Crippen LogP contribution in [0.25, 0.3) is 0 Å². The fourth-order valence-corrected chi connectivity index (χ4v) is 7.30. The predicted octanol–water partition coefficient (Wildman–Crippen LogP) is 14.5. The van der Waals surface area contributed by atoms with E-state index < -0.39 is 13.9 Å². The van der Waals surface area contributed by atoms with Gasteiger partial charge in [0.05, 0.1) is 34.0 Å². The molecule has 0 aliphatic rings. The maximum Gasteiger partial charge on any atom is 0.472 e. The van der Waals surface area contributed by atoms with Crippen molar-refractivity contribution in [2.75, 3.05) is 47.5 Å². The zero-order valence-corrected chi connectivity index (χ0v) is 39.0. The lowest BCUT2D eigenvalue weighted by Crippen LogP contribution is -2.37. The van der Waals surface area contributed by atoms with Gasteiger partial charge in [-0.1, -0.05) is 186 Å². The molecule has 9 heteroatoms. The summed E-state index contributed by atoms with van der Waals surface area (Å²) in [5.41, 5.74) is 0. The first-order valence-electron chi connectivity index (χ1n) is 23.8. The number of unbranched alkanes of at least 4 members (excludes halogenated alkanes) is 26. The molecule has 0 aromatic rings. The molecule has 0 aliphatic heterocycles. The van der Waals surface area contributed by atoms with Crippen LogP contribution in [-0.2, 0) is 27.9 Å². The number of carbonyl (C=O) groups is 1. The van der Waals surface area contributed by atoms with Gasteiger partial charge < -0.3 is 18.9 Å². The predicted molar refractivity (Wildman–Crippen MR) is 242 cm³/mol. The molecule has 336 valence electrons. The quantitative estimate of drug-likeness (QED) is 0.0163. The second-order valence-electron chi connectivity index (χ2n) is 17.2. The Bertz CT molecular complexity index is 1010. The van der Waals surface area contributed by atoms with Crippen molar-refractivity contribution in [2.45, 2.75) is 219 Å². The van der Waals surface area contributed by atoms with Crippen LogP contribution in [0.1, 0.15) is 213 Å². The SMILES string of the molecule is CCCCCCCCCCC/C=C/C/C=C/CCCC(=O)O[C@H](CO/C=C/CCCCCCCCCCCCCCCCCC)COP(=O)(O)OCC[N+](C)(C)C. The third-order valence-corrected chi connectivity index (χ3v) is 11.3. The highest BCUT2D eigenvalue weighted by Gasteiger charge is 2.26. The topological polar surface area (TPSA) is 91.3 Å². The summed E-state index contributed by atoms with van der Waals surface area (Å²) in [7, 11) is 1.62. The van der Waals surface area contributed by atoms with Gasteiger partial charge in [-0.05, 0) is 51.0 Å². The molecule has 0 amide bonds. The number of rotatable bonds is 44. The van der Waals surface area contributed by atoms with Crippen molar-refractivity contribution in [2.24, 2.45) is 0 Å². The normalized spacial score (nSPS) is 13.9. The Balaban J connectivity index is 4.29. The molecule has 0 aromatic heterocycles. The minimum atomic E-state index is -4.30. The third kappa shape index (κ3) is 45.5. The molecule has 1 N–H and O–H groups in total. The number of phosphoric ester groups is 1. The average molecular weight is 827 g/mol. The van der Waals surface area contributed by atoms with E-state index in [9.17, 15) is 14.3 Å². The second-order valence-corrected chi connectivity index (χ2v) is 18.7. The van der Waals surface area contributed by atoms with Crippen LogP contribution in [0, 0.1) is 0 Å². The molecule has 0 rings (SSSR count). The van der Waals surface area contributed by atoms with Crippen LogP contribution in [-0.4, -0.2) is 69.0 Å². The summed E-state index contributed by atoms with van der Waals surface area (Å²) in [5.74, 6) is -0.377. The van der Waals surface area contributed by atoms with Gasteiger partial charge in [-0.25, -0.2) is 4.57 Å². The minimum absolute atomic E-state index is 0.0331. The number of esters is 1. The molecule has 0 aromatic carbocycles. The fraction of sp³-hybridized carbons (Fsp3) is 0.854. The molecule has 57 heavy (non-hydrogen) atoms. The van der Waals surface area contributed by atoms with Gasteiger partial charge in [0.2, 0.25) is 0 Å². The monoisotopic (exact) mass is 827 g/mol. The van der Waals surface area contributed by atoms with Crippen molar-refractivity contribution in [3.8, 4) is 0 Å². The van der Waals surface area contributed by atoms with Crippen molar-refractivity contribution in [1.82, 2.24) is 0 Å². The molecule has 8 nitrogen and oxygen atoms in total. The van der Waals surface area contributed by atoms with E-state index in [4.69, 9.17) is 18.5 Å². The number of hydrogen-bond donors (Lipinski definition) is 1. The number of ether oxygens (including phenoxy) is 2. The van der Waals surface area contributed by atoms with Crippen LogP contribution in [0.3, 0.4) is 0 Å². The van der Waals surface area contributed by atoms with Crippen LogP contribution in [0.5, 0.6) is 0 Å². The first kappa shape index (κ1) is 55.6. The first-order chi connectivity index (χ1) is 27.6. The van der Waals surface area contributed by atoms with Crippen LogP contribution in [0.2, 0.25) is 0 Å². The summed E-state index contributed by atoms with van der Waals surface area (Å²) in [5, 5.41) is 0. The molecule has 0 fully saturated rings. The van der Waals surface area contributed by atoms with Crippen molar-refractivity contribution >= 4 is 13.8 Å². The summed E-state index contributed by atoms with van der Waals surface area (Å²) >= 11 is 0. The average Bonchev–Trinajstić information content (AvgIpc) is 3.16. The number of carbonyl (C=O) groups excluding carboxylic acids is 1. The molecule has 0 radical (unpaired) electrons. The molecule has 0 heterocycles. The number of quaternary nitrogens is 1. The Hall–Kier alpha value is -1.44. The minimum Gasteiger partial charge on any atom is -0.498 e. The Kier molecular flexibility index (Phi) is 40.3. The van der Waals surface area contributed by atoms with Crippen LogP contribution in [0.4, 0.5) is 0 Å². The van der Waals surface area contributed by atoms with E-state index >= 15 is 0 Å². The molecular weight excluding hydrogens is 734 g/mol. The zero-order chi connectivity index (χ0) is 42.0. The Morgan fingerprint density at radius 2 is 0.982 bits per heavy atom. The Labute approximate surface area is 353 Å². The third-order valence-electron chi connectivity index (χ3n) is 10.3. The number of allylic oxidation sites excluding steroid dienone is 5. The first-order valence-corrected chi connectivity index (χ1v) is 25.3. The summed E-state index contributed by atoms with van der Waals surface area (Å²) < 4.78 is 34.8. The van der Waals surface area contributed by atoms with Crippen molar-refractivity contribution in [3.05, 3.63) is 36.6 Å². The number of likely N-dealkylation sites (N-methyl/N-ethyl adjacent to an activating group) is 1. The highest BCUT2D eigenvalue weighted by atomic mass is 31.2. The number of phosphoric acid groups is 1. The van der Waals surface area contributed by atoms with Crippen LogP contribution in [0.15, 0.2) is 36.6 Å². The highest BCUT2D eigenvalue weighted by Crippen LogP contribution is 2.43. The maximum absolute atomic E-state index is 12.7. The van der Waals surface area contributed by atoms with Crippen molar-refractivity contribution in [1.29, 1.82) is 0 Å². The Morgan fingerprint density at radius 3 is 1.44 bits per heavy atom. The lowest BCUT2D eigenvalue weighted by atomic mass is 10.0. The van der Waals surface area contributed by atoms with Gasteiger partial charge >= 0.3 is 13.8 Å². The van der Waals surface area contributed by atoms with Gasteiger partial charge in [0.25, 0.3) is 0 Å². The molecule has 0 saturated heterocycles. The fourth-order valence-electron chi connectivity index (χ4n) is 6.56. The maximum atomic E-state index is 12.7. The largest absolute Gasteiger partial charge is 0.498 e. The molecule has 0 bridgehead atoms. The van der Waals surface area contributed by atoms with Crippen molar-refractivity contribution in [3.63, 3.8) is 0 Å². The smallest absolute Gasteiger partial charge is 0.472 e. The summed E-state index contributed by atoms with van der Waals surface area (Å²) in [6.45, 7) is 4.91. The number of nitrogens with zero attached hydrogens (tertiary/aromatic N) is 1. The second kappa shape index (κ2) is 41.3. The lowest BCUT2D eigenvalue weighted by Gasteiger charge is -2.24. The standard InChI is InChI=1S/C48H92NO7P/c1-6-8-10-12-14-16-18-20-22-24-26-28-30-32-34-36-38-40-43-53-45-47(46-55-57(51,52)54-44-42-49(3,4)5)56-48(50)41-39-37-35-33-31-29-27-25-23-21-19-17-15-13-11-9-7-2/h27,29,33,35,40,43,47H,6-26,28,30-32,34,36-39,41-42,44-46H2,1-5H3/p+1/b29-27+,35-33+,43-40+/t47-/m1/s1. The van der Waals surface area contributed by atoms with E-state index in [2.05, 4.69) is 38.2 Å². The lowest BCUT2D eigenvalue weighted by molar-refractivity contribution is -0.870. The Morgan fingerprint density at radius 1 is 0.561 bits per heavy atom. The van der Waals surface area contributed by atoms with Crippen molar-refractivity contribution < 1.29 is 37.3 Å². The van der Waals surface area contributed by atoms with Crippen LogP contribution >= 0.6 is 7.82 Å². The van der Waals surface area contributed by atoms with Gasteiger partial charge in [0.1, 0.15) is 19.8 Å². The van der Waals surface area contributed by atoms with Gasteiger partial charge in [-0.15, -0.1) is 0 Å². The van der Waals surface area contributed by atoms with E-state index in [1.54, 1.807) is 6.26 Å². The molecule has 2 atom stereocenters. The highest BCUT2D eigenvalue weighted by molar-refractivity contribution is 7.47. The van der Waals surface area contributed by atoms with Gasteiger partial charge in [-0.2, -0.15) is 0 Å². The molecule has 0 aliphatic carbocycles. The van der Waals surface area contributed by atoms with E-state index in [0.29, 0.717) is 17.4 Å². The molecule has 1 unspecified atom stereocenters. The van der Waals surface area contributed by atoms with E-state index in [1.807, 2.05) is 27.2 Å². The van der Waals surface area contributed by atoms with Gasteiger partial charge in [0.15, 0.2) is 6.10 Å². The van der Waals surface area contributed by atoms with E-state index in [0.717, 1.165) is 32.1 Å². The van der Waals surface area contributed by atoms with Gasteiger partial charge in [0, 0.05) is 6.42 Å². The van der Waals surface area contributed by atoms with E-state index in [-0.39, 0.29) is 32.2 Å².